The maximum Gasteiger partial charge on any atom is 0.160 e. The smallest absolute Gasteiger partial charge is 0.160 e. The number of halogens is 1. The summed E-state index contributed by atoms with van der Waals surface area (Å²) in [7, 11) is 0. The molecule has 2 nitrogen and oxygen atoms in total. The second kappa shape index (κ2) is 6.04. The zero-order chi connectivity index (χ0) is 12.8. The van der Waals surface area contributed by atoms with Crippen LogP contribution in [0.5, 0.6) is 0 Å². The maximum atomic E-state index is 9.02. The Kier molecular flexibility index (Phi) is 4.16. The van der Waals surface area contributed by atoms with E-state index >= 15 is 0 Å². The molecule has 0 saturated carbocycles. The lowest BCUT2D eigenvalue weighted by Gasteiger charge is -1.97. The van der Waals surface area contributed by atoms with Crippen molar-refractivity contribution in [3.63, 3.8) is 0 Å². The Morgan fingerprint density at radius 3 is 2.50 bits per heavy atom. The second-order valence-corrected chi connectivity index (χ2v) is 4.49. The molecule has 2 aromatic rings. The molecule has 0 aliphatic carbocycles. The number of oxime groups is 1. The molecule has 0 fully saturated rings. The predicted molar refractivity (Wildman–Crippen MR) is 75.8 cm³/mol. The molecule has 0 spiro atoms. The van der Waals surface area contributed by atoms with Crippen LogP contribution in [0.2, 0.25) is 0 Å². The van der Waals surface area contributed by atoms with Gasteiger partial charge in [-0.25, -0.2) is 0 Å². The third-order valence-electron chi connectivity index (χ3n) is 2.30. The zero-order valence-corrected chi connectivity index (χ0v) is 11.1. The first-order valence-corrected chi connectivity index (χ1v) is 6.14. The maximum absolute atomic E-state index is 9.02. The Morgan fingerprint density at radius 2 is 1.83 bits per heavy atom. The summed E-state index contributed by atoms with van der Waals surface area (Å²) in [5.41, 5.74) is 2.00. The van der Waals surface area contributed by atoms with Crippen LogP contribution < -0.4 is 0 Å². The molecular weight excluding hydrogens is 290 g/mol. The van der Waals surface area contributed by atoms with Crippen molar-refractivity contribution in [1.82, 2.24) is 0 Å². The summed E-state index contributed by atoms with van der Waals surface area (Å²) in [5.74, 6) is 5.82. The number of benzene rings is 2. The fourth-order valence-electron chi connectivity index (χ4n) is 1.44. The van der Waals surface area contributed by atoms with Crippen LogP contribution in [0.3, 0.4) is 0 Å². The van der Waals surface area contributed by atoms with Crippen LogP contribution in [-0.2, 0) is 0 Å². The molecule has 0 heterocycles. The summed E-state index contributed by atoms with van der Waals surface area (Å²) in [5, 5.41) is 12.3. The predicted octanol–water partition coefficient (Wildman–Crippen LogP) is 3.68. The Balaban J connectivity index is 2.30. The number of hydrogen-bond donors (Lipinski definition) is 1. The molecule has 0 unspecified atom stereocenters. The van der Waals surface area contributed by atoms with E-state index in [9.17, 15) is 0 Å². The van der Waals surface area contributed by atoms with Crippen LogP contribution >= 0.6 is 15.9 Å². The van der Waals surface area contributed by atoms with Crippen molar-refractivity contribution in [3.05, 3.63) is 70.2 Å². The molecule has 3 heteroatoms. The van der Waals surface area contributed by atoms with Gasteiger partial charge in [-0.15, -0.1) is 0 Å². The normalized spacial score (nSPS) is 10.6. The molecule has 2 aromatic carbocycles. The summed E-state index contributed by atoms with van der Waals surface area (Å²) in [6.45, 7) is 0. The van der Waals surface area contributed by atoms with Gasteiger partial charge in [0.1, 0.15) is 0 Å². The van der Waals surface area contributed by atoms with E-state index < -0.39 is 0 Å². The third-order valence-corrected chi connectivity index (χ3v) is 2.79. The molecule has 0 radical (unpaired) electrons. The van der Waals surface area contributed by atoms with E-state index in [1.165, 1.54) is 0 Å². The Morgan fingerprint density at radius 1 is 1.06 bits per heavy atom. The van der Waals surface area contributed by atoms with E-state index in [1.807, 2.05) is 54.6 Å². The lowest BCUT2D eigenvalue weighted by atomic mass is 10.1. The summed E-state index contributed by atoms with van der Waals surface area (Å²) < 4.78 is 0.919. The highest BCUT2D eigenvalue weighted by molar-refractivity contribution is 9.10. The molecule has 0 saturated heterocycles. The zero-order valence-electron chi connectivity index (χ0n) is 9.47. The van der Waals surface area contributed by atoms with Gasteiger partial charge in [0, 0.05) is 15.6 Å². The minimum Gasteiger partial charge on any atom is -0.410 e. The van der Waals surface area contributed by atoms with Crippen molar-refractivity contribution in [2.75, 3.05) is 0 Å². The molecule has 88 valence electrons. The van der Waals surface area contributed by atoms with Gasteiger partial charge < -0.3 is 5.21 Å². The van der Waals surface area contributed by atoms with Gasteiger partial charge >= 0.3 is 0 Å². The lowest BCUT2D eigenvalue weighted by molar-refractivity contribution is 0.320. The van der Waals surface area contributed by atoms with Crippen molar-refractivity contribution < 1.29 is 5.21 Å². The summed E-state index contributed by atoms with van der Waals surface area (Å²) in [6, 6.07) is 17.1. The van der Waals surface area contributed by atoms with Crippen LogP contribution in [-0.4, -0.2) is 10.9 Å². The SMILES string of the molecule is ON=C(C#Cc1ccccc1)c1cccc(Br)c1. The van der Waals surface area contributed by atoms with E-state index in [2.05, 4.69) is 32.9 Å². The fourth-order valence-corrected chi connectivity index (χ4v) is 1.84. The number of rotatable bonds is 1. The highest BCUT2D eigenvalue weighted by Crippen LogP contribution is 2.12. The lowest BCUT2D eigenvalue weighted by Crippen LogP contribution is -1.97. The average molecular weight is 300 g/mol. The van der Waals surface area contributed by atoms with E-state index in [1.54, 1.807) is 0 Å². The molecule has 0 aliphatic rings. The molecule has 0 atom stereocenters. The minimum atomic E-state index is 0.347. The van der Waals surface area contributed by atoms with Crippen LogP contribution in [0.15, 0.2) is 64.2 Å². The standard InChI is InChI=1S/C15H10BrNO/c16-14-8-4-7-13(11-14)15(17-18)10-9-12-5-2-1-3-6-12/h1-8,11,18H. The summed E-state index contributed by atoms with van der Waals surface area (Å²) in [6.07, 6.45) is 0. The molecule has 0 bridgehead atoms. The summed E-state index contributed by atoms with van der Waals surface area (Å²) in [4.78, 5) is 0. The van der Waals surface area contributed by atoms with Gasteiger partial charge in [-0.3, -0.25) is 0 Å². The average Bonchev–Trinajstić information content (AvgIpc) is 2.41. The van der Waals surface area contributed by atoms with Gasteiger partial charge in [0.15, 0.2) is 5.71 Å². The highest BCUT2D eigenvalue weighted by atomic mass is 79.9. The van der Waals surface area contributed by atoms with Crippen molar-refractivity contribution >= 4 is 21.6 Å². The fraction of sp³-hybridized carbons (Fsp3) is 0. The van der Waals surface area contributed by atoms with Crippen molar-refractivity contribution in [1.29, 1.82) is 0 Å². The first-order chi connectivity index (χ1) is 8.79. The quantitative estimate of drug-likeness (QED) is 0.370. The van der Waals surface area contributed by atoms with Gasteiger partial charge in [0.25, 0.3) is 0 Å². The Bertz CT molecular complexity index is 624. The molecule has 2 rings (SSSR count). The molecule has 18 heavy (non-hydrogen) atoms. The molecular formula is C15H10BrNO. The van der Waals surface area contributed by atoms with E-state index in [-0.39, 0.29) is 0 Å². The molecule has 0 aromatic heterocycles. The van der Waals surface area contributed by atoms with Crippen LogP contribution in [0.4, 0.5) is 0 Å². The van der Waals surface area contributed by atoms with Gasteiger partial charge in [-0.05, 0) is 30.2 Å². The van der Waals surface area contributed by atoms with Gasteiger partial charge in [-0.2, -0.15) is 0 Å². The monoisotopic (exact) mass is 299 g/mol. The Labute approximate surface area is 114 Å². The van der Waals surface area contributed by atoms with Crippen LogP contribution in [0.25, 0.3) is 0 Å². The van der Waals surface area contributed by atoms with Gasteiger partial charge in [-0.1, -0.05) is 57.3 Å². The van der Waals surface area contributed by atoms with Crippen molar-refractivity contribution in [2.24, 2.45) is 5.16 Å². The third kappa shape index (κ3) is 3.22. The second-order valence-electron chi connectivity index (χ2n) is 3.57. The highest BCUT2D eigenvalue weighted by Gasteiger charge is 2.00. The van der Waals surface area contributed by atoms with Crippen LogP contribution in [0, 0.1) is 11.8 Å². The summed E-state index contributed by atoms with van der Waals surface area (Å²) >= 11 is 3.37. The first kappa shape index (κ1) is 12.4. The molecule has 0 aliphatic heterocycles. The van der Waals surface area contributed by atoms with Gasteiger partial charge in [0.05, 0.1) is 0 Å². The van der Waals surface area contributed by atoms with Crippen molar-refractivity contribution in [2.45, 2.75) is 0 Å². The topological polar surface area (TPSA) is 32.6 Å². The van der Waals surface area contributed by atoms with E-state index in [4.69, 9.17) is 5.21 Å². The molecule has 1 N–H and O–H groups in total. The number of hydrogen-bond acceptors (Lipinski definition) is 2. The van der Waals surface area contributed by atoms with Crippen LogP contribution in [0.1, 0.15) is 11.1 Å². The number of nitrogens with zero attached hydrogens (tertiary/aromatic N) is 1. The largest absolute Gasteiger partial charge is 0.410 e. The van der Waals surface area contributed by atoms with E-state index in [0.29, 0.717) is 5.71 Å². The van der Waals surface area contributed by atoms with Crippen molar-refractivity contribution in [3.8, 4) is 11.8 Å². The molecule has 0 amide bonds. The minimum absolute atomic E-state index is 0.347. The van der Waals surface area contributed by atoms with Gasteiger partial charge in [0.2, 0.25) is 0 Å². The Hall–Kier alpha value is -2.05. The first-order valence-electron chi connectivity index (χ1n) is 5.34. The van der Waals surface area contributed by atoms with E-state index in [0.717, 1.165) is 15.6 Å².